The summed E-state index contributed by atoms with van der Waals surface area (Å²) in [4.78, 5) is 12.3. The maximum absolute atomic E-state index is 12.3. The number of nitrogen functional groups attached to an aromatic ring is 1. The van der Waals surface area contributed by atoms with Crippen LogP contribution < -0.4 is 11.1 Å². The van der Waals surface area contributed by atoms with Gasteiger partial charge in [0.15, 0.2) is 0 Å². The van der Waals surface area contributed by atoms with E-state index in [4.69, 9.17) is 11.1 Å². The highest BCUT2D eigenvalue weighted by Crippen LogP contribution is 2.25. The Morgan fingerprint density at radius 3 is 2.59 bits per heavy atom. The van der Waals surface area contributed by atoms with Gasteiger partial charge in [-0.25, -0.2) is 0 Å². The van der Waals surface area contributed by atoms with E-state index in [1.54, 1.807) is 23.5 Å². The number of nitrogens with one attached hydrogen (secondary N) is 2. The number of nitrogens with two attached hydrogens (primary N) is 1. The monoisotopic (exact) mass is 309 g/mol. The fourth-order valence-electron chi connectivity index (χ4n) is 2.23. The molecular weight excluding hydrogens is 294 g/mol. The van der Waals surface area contributed by atoms with Crippen molar-refractivity contribution in [1.29, 1.82) is 5.41 Å². The molecule has 0 bridgehead atoms. The molecule has 22 heavy (non-hydrogen) atoms. The Kier molecular flexibility index (Phi) is 3.89. The largest absolute Gasteiger partial charge is 0.384 e. The zero-order valence-electron chi connectivity index (χ0n) is 11.8. The molecule has 0 atom stereocenters. The van der Waals surface area contributed by atoms with Gasteiger partial charge in [-0.2, -0.15) is 0 Å². The van der Waals surface area contributed by atoms with E-state index < -0.39 is 0 Å². The van der Waals surface area contributed by atoms with Crippen molar-refractivity contribution >= 4 is 33.2 Å². The molecule has 2 aromatic carbocycles. The normalized spacial score (nSPS) is 10.5. The first-order chi connectivity index (χ1) is 10.6. The minimum absolute atomic E-state index is 0.0420. The Hall–Kier alpha value is -2.66. The molecule has 0 fully saturated rings. The Morgan fingerprint density at radius 1 is 1.14 bits per heavy atom. The average molecular weight is 309 g/mol. The van der Waals surface area contributed by atoms with Crippen LogP contribution in [-0.2, 0) is 6.54 Å². The molecular formula is C17H15N3OS. The number of thiophene rings is 1. The van der Waals surface area contributed by atoms with Crippen LogP contribution in [-0.4, -0.2) is 11.7 Å². The predicted octanol–water partition coefficient (Wildman–Crippen LogP) is 3.12. The van der Waals surface area contributed by atoms with Crippen molar-refractivity contribution in [2.45, 2.75) is 6.54 Å². The average Bonchev–Trinajstić information content (AvgIpc) is 2.97. The minimum atomic E-state index is -0.0758. The molecule has 0 aliphatic rings. The summed E-state index contributed by atoms with van der Waals surface area (Å²) in [5, 5.41) is 13.2. The number of amidine groups is 1. The third-order valence-electron chi connectivity index (χ3n) is 3.44. The number of amides is 1. The zero-order valence-corrected chi connectivity index (χ0v) is 12.6. The topological polar surface area (TPSA) is 79.0 Å². The van der Waals surface area contributed by atoms with Crippen molar-refractivity contribution < 1.29 is 4.79 Å². The minimum Gasteiger partial charge on any atom is -0.384 e. The SMILES string of the molecule is N=C(N)c1ccc(CNC(=O)c2csc3ccccc23)cc1. The summed E-state index contributed by atoms with van der Waals surface area (Å²) in [6.45, 7) is 0.446. The molecule has 4 N–H and O–H groups in total. The third kappa shape index (κ3) is 2.84. The van der Waals surface area contributed by atoms with Gasteiger partial charge < -0.3 is 11.1 Å². The van der Waals surface area contributed by atoms with Gasteiger partial charge in [-0.05, 0) is 11.6 Å². The summed E-state index contributed by atoms with van der Waals surface area (Å²) >= 11 is 1.57. The highest BCUT2D eigenvalue weighted by atomic mass is 32.1. The second kappa shape index (κ2) is 5.99. The number of hydrogen-bond donors (Lipinski definition) is 3. The molecule has 3 rings (SSSR count). The third-order valence-corrected chi connectivity index (χ3v) is 4.41. The van der Waals surface area contributed by atoms with Crippen LogP contribution in [0.5, 0.6) is 0 Å². The molecule has 0 saturated carbocycles. The summed E-state index contributed by atoms with van der Waals surface area (Å²) in [5.74, 6) is -0.0339. The molecule has 0 aliphatic heterocycles. The Labute approximate surface area is 132 Å². The zero-order chi connectivity index (χ0) is 15.5. The van der Waals surface area contributed by atoms with Gasteiger partial charge in [-0.3, -0.25) is 10.2 Å². The Morgan fingerprint density at radius 2 is 1.86 bits per heavy atom. The molecule has 0 saturated heterocycles. The molecule has 0 unspecified atom stereocenters. The van der Waals surface area contributed by atoms with Crippen molar-refractivity contribution in [2.75, 3.05) is 0 Å². The van der Waals surface area contributed by atoms with E-state index in [9.17, 15) is 4.79 Å². The van der Waals surface area contributed by atoms with Gasteiger partial charge in [0.1, 0.15) is 5.84 Å². The van der Waals surface area contributed by atoms with Gasteiger partial charge in [0, 0.05) is 27.6 Å². The molecule has 1 aromatic heterocycles. The van der Waals surface area contributed by atoms with Gasteiger partial charge in [0.2, 0.25) is 0 Å². The fourth-order valence-corrected chi connectivity index (χ4v) is 3.17. The number of hydrogen-bond acceptors (Lipinski definition) is 3. The Bertz CT molecular complexity index is 836. The summed E-state index contributed by atoms with van der Waals surface area (Å²) < 4.78 is 1.11. The summed E-state index contributed by atoms with van der Waals surface area (Å²) in [6, 6.07) is 15.2. The summed E-state index contributed by atoms with van der Waals surface area (Å²) in [7, 11) is 0. The molecule has 4 nitrogen and oxygen atoms in total. The molecule has 1 amide bonds. The molecule has 1 heterocycles. The van der Waals surface area contributed by atoms with Crippen molar-refractivity contribution in [3.05, 3.63) is 70.6 Å². The number of fused-ring (bicyclic) bond motifs is 1. The van der Waals surface area contributed by atoms with Crippen LogP contribution in [0.2, 0.25) is 0 Å². The van der Waals surface area contributed by atoms with Crippen molar-refractivity contribution in [1.82, 2.24) is 5.32 Å². The molecule has 3 aromatic rings. The number of benzene rings is 2. The van der Waals surface area contributed by atoms with Crippen LogP contribution in [0, 0.1) is 5.41 Å². The van der Waals surface area contributed by atoms with E-state index in [0.717, 1.165) is 15.6 Å². The number of carbonyl (C=O) groups is 1. The maximum Gasteiger partial charge on any atom is 0.253 e. The van der Waals surface area contributed by atoms with Crippen LogP contribution in [0.1, 0.15) is 21.5 Å². The van der Waals surface area contributed by atoms with Crippen LogP contribution in [0.3, 0.4) is 0 Å². The first kappa shape index (κ1) is 14.3. The van der Waals surface area contributed by atoms with Crippen LogP contribution >= 0.6 is 11.3 Å². The Balaban J connectivity index is 1.71. The summed E-state index contributed by atoms with van der Waals surface area (Å²) in [6.07, 6.45) is 0. The fraction of sp³-hybridized carbons (Fsp3) is 0.0588. The standard InChI is InChI=1S/C17H15N3OS/c18-16(19)12-7-5-11(6-8-12)9-20-17(21)14-10-22-15-4-2-1-3-13(14)15/h1-8,10H,9H2,(H3,18,19)(H,20,21). The smallest absolute Gasteiger partial charge is 0.253 e. The van der Waals surface area contributed by atoms with Crippen molar-refractivity contribution in [3.8, 4) is 0 Å². The molecule has 0 radical (unpaired) electrons. The number of carbonyl (C=O) groups excluding carboxylic acids is 1. The first-order valence-electron chi connectivity index (χ1n) is 6.83. The van der Waals surface area contributed by atoms with E-state index in [1.165, 1.54) is 0 Å². The van der Waals surface area contributed by atoms with Gasteiger partial charge >= 0.3 is 0 Å². The lowest BCUT2D eigenvalue weighted by molar-refractivity contribution is 0.0953. The van der Waals surface area contributed by atoms with Gasteiger partial charge in [-0.15, -0.1) is 11.3 Å². The van der Waals surface area contributed by atoms with E-state index in [2.05, 4.69) is 5.32 Å². The van der Waals surface area contributed by atoms with Crippen LogP contribution in [0.25, 0.3) is 10.1 Å². The quantitative estimate of drug-likeness (QED) is 0.511. The maximum atomic E-state index is 12.3. The predicted molar refractivity (Wildman–Crippen MR) is 90.5 cm³/mol. The van der Waals surface area contributed by atoms with Crippen LogP contribution in [0.15, 0.2) is 53.9 Å². The van der Waals surface area contributed by atoms with E-state index >= 15 is 0 Å². The van der Waals surface area contributed by atoms with Crippen LogP contribution in [0.4, 0.5) is 0 Å². The molecule has 0 aliphatic carbocycles. The molecule has 110 valence electrons. The van der Waals surface area contributed by atoms with Crippen molar-refractivity contribution in [2.24, 2.45) is 5.73 Å². The molecule has 5 heteroatoms. The second-order valence-corrected chi connectivity index (χ2v) is 5.85. The van der Waals surface area contributed by atoms with Gasteiger partial charge in [-0.1, -0.05) is 42.5 Å². The van der Waals surface area contributed by atoms with Crippen molar-refractivity contribution in [3.63, 3.8) is 0 Å². The van der Waals surface area contributed by atoms with Gasteiger partial charge in [0.05, 0.1) is 5.56 Å². The number of rotatable bonds is 4. The first-order valence-corrected chi connectivity index (χ1v) is 7.71. The van der Waals surface area contributed by atoms with E-state index in [1.807, 2.05) is 41.8 Å². The molecule has 0 spiro atoms. The van der Waals surface area contributed by atoms with E-state index in [-0.39, 0.29) is 11.7 Å². The highest BCUT2D eigenvalue weighted by molar-refractivity contribution is 7.17. The second-order valence-electron chi connectivity index (χ2n) is 4.94. The lowest BCUT2D eigenvalue weighted by atomic mass is 10.1. The summed E-state index contributed by atoms with van der Waals surface area (Å²) in [5.41, 5.74) is 7.78. The van der Waals surface area contributed by atoms with Gasteiger partial charge in [0.25, 0.3) is 5.91 Å². The van der Waals surface area contributed by atoms with E-state index in [0.29, 0.717) is 17.7 Å². The lowest BCUT2D eigenvalue weighted by Crippen LogP contribution is -2.22. The highest BCUT2D eigenvalue weighted by Gasteiger charge is 2.11. The lowest BCUT2D eigenvalue weighted by Gasteiger charge is -2.06.